The Labute approximate surface area is 135 Å². The van der Waals surface area contributed by atoms with Crippen LogP contribution in [0.3, 0.4) is 0 Å². The van der Waals surface area contributed by atoms with Gasteiger partial charge in [0.15, 0.2) is 11.5 Å². The minimum absolute atomic E-state index is 0.136. The largest absolute Gasteiger partial charge is 0.504 e. The first kappa shape index (κ1) is 15.1. The third-order valence-corrected chi connectivity index (χ3v) is 3.86. The van der Waals surface area contributed by atoms with Gasteiger partial charge in [-0.25, -0.2) is 4.98 Å². The Morgan fingerprint density at radius 1 is 1.17 bits per heavy atom. The topological polar surface area (TPSA) is 62.4 Å². The molecule has 1 saturated heterocycles. The monoisotopic (exact) mass is 313 g/mol. The van der Waals surface area contributed by atoms with Crippen LogP contribution < -0.4 is 14.6 Å². The number of phenolic OH excluding ortho intramolecular Hbond substituents is 1. The predicted molar refractivity (Wildman–Crippen MR) is 89.0 cm³/mol. The van der Waals surface area contributed by atoms with Crippen LogP contribution in [0.4, 0.5) is 5.82 Å². The van der Waals surface area contributed by atoms with Gasteiger partial charge in [0.25, 0.3) is 5.82 Å². The number of benzene rings is 1. The van der Waals surface area contributed by atoms with Gasteiger partial charge in [-0.2, -0.15) is 5.10 Å². The van der Waals surface area contributed by atoms with E-state index in [0.29, 0.717) is 5.75 Å². The lowest BCUT2D eigenvalue weighted by atomic mass is 10.2. The molecule has 6 nitrogen and oxygen atoms in total. The maximum absolute atomic E-state index is 9.60. The number of H-pyrrole nitrogens is 1. The molecule has 1 aromatic heterocycles. The third-order valence-electron chi connectivity index (χ3n) is 3.86. The third kappa shape index (κ3) is 3.71. The van der Waals surface area contributed by atoms with Crippen LogP contribution >= 0.6 is 0 Å². The molecule has 1 aromatic carbocycles. The van der Waals surface area contributed by atoms with Crippen molar-refractivity contribution in [3.05, 3.63) is 48.2 Å². The second-order valence-electron chi connectivity index (χ2n) is 5.36. The number of phenols is 1. The van der Waals surface area contributed by atoms with Crippen LogP contribution in [-0.4, -0.2) is 49.6 Å². The van der Waals surface area contributed by atoms with Crippen LogP contribution in [0.5, 0.6) is 11.5 Å². The zero-order chi connectivity index (χ0) is 16.1. The Hall–Kier alpha value is -2.76. The average molecular weight is 313 g/mol. The van der Waals surface area contributed by atoms with Crippen molar-refractivity contribution in [3.8, 4) is 11.5 Å². The summed E-state index contributed by atoms with van der Waals surface area (Å²) in [5, 5.41) is 16.2. The predicted octanol–water partition coefficient (Wildman–Crippen LogP) is 1.37. The first-order chi connectivity index (χ1) is 11.3. The summed E-state index contributed by atoms with van der Waals surface area (Å²) in [6, 6.07) is 11.3. The highest BCUT2D eigenvalue weighted by atomic mass is 16.5. The zero-order valence-electron chi connectivity index (χ0n) is 13.1. The quantitative estimate of drug-likeness (QED) is 0.866. The summed E-state index contributed by atoms with van der Waals surface area (Å²) in [7, 11) is 1.54. The maximum Gasteiger partial charge on any atom is 0.274 e. The summed E-state index contributed by atoms with van der Waals surface area (Å²) in [5.74, 6) is 1.73. The minimum Gasteiger partial charge on any atom is -0.504 e. The first-order valence-corrected chi connectivity index (χ1v) is 7.64. The molecule has 0 atom stereocenters. The smallest absolute Gasteiger partial charge is 0.274 e. The molecule has 0 unspecified atom stereocenters. The van der Waals surface area contributed by atoms with Crippen LogP contribution in [0.1, 0.15) is 5.56 Å². The molecule has 2 aromatic rings. The van der Waals surface area contributed by atoms with Gasteiger partial charge in [0.05, 0.1) is 32.6 Å². The lowest BCUT2D eigenvalue weighted by Gasteiger charge is -2.28. The molecule has 2 heterocycles. The maximum atomic E-state index is 9.60. The van der Waals surface area contributed by atoms with Crippen molar-refractivity contribution in [1.29, 1.82) is 0 Å². The molecule has 1 fully saturated rings. The van der Waals surface area contributed by atoms with Crippen LogP contribution in [0.25, 0.3) is 0 Å². The van der Waals surface area contributed by atoms with E-state index in [-0.39, 0.29) is 5.75 Å². The van der Waals surface area contributed by atoms with Gasteiger partial charge in [0, 0.05) is 6.07 Å². The van der Waals surface area contributed by atoms with E-state index >= 15 is 0 Å². The molecule has 0 aliphatic carbocycles. The number of ether oxygens (including phenoxy) is 1. The van der Waals surface area contributed by atoms with E-state index in [1.807, 2.05) is 24.4 Å². The van der Waals surface area contributed by atoms with Gasteiger partial charge in [-0.05, 0) is 29.8 Å². The summed E-state index contributed by atoms with van der Waals surface area (Å²) >= 11 is 0. The zero-order valence-corrected chi connectivity index (χ0v) is 13.1. The molecule has 0 spiro atoms. The molecule has 0 radical (unpaired) electrons. The Kier molecular flexibility index (Phi) is 4.61. The van der Waals surface area contributed by atoms with Gasteiger partial charge < -0.3 is 9.84 Å². The van der Waals surface area contributed by atoms with Gasteiger partial charge in [-0.1, -0.05) is 6.07 Å². The van der Waals surface area contributed by atoms with Crippen LogP contribution in [0, 0.1) is 0 Å². The van der Waals surface area contributed by atoms with Gasteiger partial charge in [0.1, 0.15) is 13.1 Å². The molecule has 3 rings (SSSR count). The van der Waals surface area contributed by atoms with E-state index in [9.17, 15) is 5.11 Å². The average Bonchev–Trinajstić information content (AvgIpc) is 2.62. The molecule has 2 N–H and O–H groups in total. The summed E-state index contributed by atoms with van der Waals surface area (Å²) in [6.07, 6.45) is 3.74. The number of piperazine rings is 1. The fraction of sp³-hybridized carbons (Fsp3) is 0.294. The van der Waals surface area contributed by atoms with Crippen LogP contribution in [-0.2, 0) is 0 Å². The number of nitrogens with zero attached hydrogens (tertiary/aromatic N) is 3. The number of aromatic hydroxyl groups is 1. The number of methoxy groups -OCH3 is 1. The molecule has 0 bridgehead atoms. The number of hydrogen-bond acceptors (Lipinski definition) is 5. The van der Waals surface area contributed by atoms with Crippen molar-refractivity contribution in [3.63, 3.8) is 0 Å². The highest BCUT2D eigenvalue weighted by Gasteiger charge is 2.21. The van der Waals surface area contributed by atoms with E-state index in [1.165, 1.54) is 7.11 Å². The second kappa shape index (κ2) is 7.00. The number of hydrazone groups is 1. The number of pyridine rings is 1. The number of aromatic amines is 1. The highest BCUT2D eigenvalue weighted by Crippen LogP contribution is 2.25. The Morgan fingerprint density at radius 2 is 2.00 bits per heavy atom. The molecule has 6 heteroatoms. The van der Waals surface area contributed by atoms with Gasteiger partial charge >= 0.3 is 0 Å². The number of hydrogen-bond donors (Lipinski definition) is 1. The fourth-order valence-electron chi connectivity index (χ4n) is 2.56. The van der Waals surface area contributed by atoms with E-state index in [1.54, 1.807) is 18.3 Å². The van der Waals surface area contributed by atoms with Crippen molar-refractivity contribution in [1.82, 2.24) is 5.01 Å². The number of anilines is 1. The van der Waals surface area contributed by atoms with Crippen LogP contribution in [0.15, 0.2) is 47.7 Å². The van der Waals surface area contributed by atoms with Gasteiger partial charge in [-0.3, -0.25) is 9.91 Å². The van der Waals surface area contributed by atoms with Crippen molar-refractivity contribution in [2.45, 2.75) is 0 Å². The first-order valence-electron chi connectivity index (χ1n) is 7.64. The number of nitrogens with one attached hydrogen (secondary N) is 1. The molecule has 0 amide bonds. The Bertz CT molecular complexity index is 668. The summed E-state index contributed by atoms with van der Waals surface area (Å²) in [4.78, 5) is 5.58. The summed E-state index contributed by atoms with van der Waals surface area (Å²) < 4.78 is 5.11. The van der Waals surface area contributed by atoms with Crippen LogP contribution in [0.2, 0.25) is 0 Å². The molecule has 0 saturated carbocycles. The van der Waals surface area contributed by atoms with Crippen molar-refractivity contribution in [2.75, 3.05) is 38.2 Å². The molecule has 23 heavy (non-hydrogen) atoms. The normalized spacial score (nSPS) is 15.2. The van der Waals surface area contributed by atoms with Gasteiger partial charge in [-0.15, -0.1) is 0 Å². The second-order valence-corrected chi connectivity index (χ2v) is 5.36. The van der Waals surface area contributed by atoms with E-state index in [4.69, 9.17) is 4.74 Å². The number of rotatable bonds is 4. The molecule has 1 aliphatic heterocycles. The summed E-state index contributed by atoms with van der Waals surface area (Å²) in [6.45, 7) is 3.59. The lowest BCUT2D eigenvalue weighted by Crippen LogP contribution is -2.45. The Balaban J connectivity index is 1.58. The lowest BCUT2D eigenvalue weighted by molar-refractivity contribution is -0.364. The van der Waals surface area contributed by atoms with E-state index in [0.717, 1.165) is 37.6 Å². The van der Waals surface area contributed by atoms with Crippen molar-refractivity contribution >= 4 is 12.0 Å². The number of aromatic nitrogens is 1. The SMILES string of the molecule is COc1cc(/C=N/N2CCN(c3cccc[nH+]3)CC2)ccc1O. The standard InChI is InChI=1S/C17H20N4O2/c1-23-16-12-14(5-6-15(16)22)13-19-21-10-8-20(9-11-21)17-4-2-3-7-18-17/h2-7,12-13,22H,8-11H2,1H3/p+1/b19-13+. The highest BCUT2D eigenvalue weighted by molar-refractivity contribution is 5.80. The van der Waals surface area contributed by atoms with Crippen molar-refractivity contribution < 1.29 is 14.8 Å². The molecular formula is C17H21N4O2+. The molecular weight excluding hydrogens is 292 g/mol. The molecule has 1 aliphatic rings. The molecule has 120 valence electrons. The fourth-order valence-corrected chi connectivity index (χ4v) is 2.56. The Morgan fingerprint density at radius 3 is 2.70 bits per heavy atom. The van der Waals surface area contributed by atoms with Gasteiger partial charge in [0.2, 0.25) is 0 Å². The van der Waals surface area contributed by atoms with E-state index in [2.05, 4.69) is 26.1 Å². The minimum atomic E-state index is 0.136. The van der Waals surface area contributed by atoms with E-state index < -0.39 is 0 Å². The summed E-state index contributed by atoms with van der Waals surface area (Å²) in [5.41, 5.74) is 0.901. The van der Waals surface area contributed by atoms with Crippen molar-refractivity contribution in [2.24, 2.45) is 5.10 Å².